The lowest BCUT2D eigenvalue weighted by Crippen LogP contribution is -2.34. The maximum atomic E-state index is 12.4. The van der Waals surface area contributed by atoms with Crippen molar-refractivity contribution in [3.05, 3.63) is 33.9 Å². The Labute approximate surface area is 105 Å². The number of nitrogens with zero attached hydrogens (tertiary/aromatic N) is 1. The smallest absolute Gasteiger partial charge is 0.416 e. The van der Waals surface area contributed by atoms with Gasteiger partial charge in [0.25, 0.3) is 0 Å². The van der Waals surface area contributed by atoms with Crippen LogP contribution in [0, 0.1) is 10.1 Å². The number of rotatable bonds is 4. The summed E-state index contributed by atoms with van der Waals surface area (Å²) in [7, 11) is 0. The molecular weight excluding hydrogens is 271 g/mol. The van der Waals surface area contributed by atoms with Gasteiger partial charge in [-0.2, -0.15) is 13.2 Å². The number of hydrogen-bond acceptors (Lipinski definition) is 5. The van der Waals surface area contributed by atoms with E-state index < -0.39 is 34.1 Å². The number of benzene rings is 1. The molecule has 0 aliphatic carbocycles. The van der Waals surface area contributed by atoms with Gasteiger partial charge in [-0.05, 0) is 12.1 Å². The second-order valence-electron chi connectivity index (χ2n) is 3.64. The quantitative estimate of drug-likeness (QED) is 0.500. The molecule has 1 rings (SSSR count). The van der Waals surface area contributed by atoms with Crippen LogP contribution in [-0.4, -0.2) is 21.1 Å². The molecule has 0 aromatic heterocycles. The molecule has 0 bridgehead atoms. The molecule has 1 aromatic carbocycles. The first-order valence-corrected chi connectivity index (χ1v) is 5.06. The van der Waals surface area contributed by atoms with Gasteiger partial charge in [0, 0.05) is 12.5 Å². The summed E-state index contributed by atoms with van der Waals surface area (Å²) in [4.78, 5) is 9.57. The fraction of sp³-hybridized carbons (Fsp3) is 0.400. The Kier molecular flexibility index (Phi) is 4.01. The van der Waals surface area contributed by atoms with Gasteiger partial charge in [0.05, 0.1) is 10.5 Å². The molecule has 0 saturated heterocycles. The molecule has 0 aliphatic heterocycles. The topological polar surface area (TPSA) is 92.8 Å². The fourth-order valence-electron chi connectivity index (χ4n) is 1.17. The summed E-state index contributed by atoms with van der Waals surface area (Å²) in [6.07, 6.45) is -5.07. The van der Waals surface area contributed by atoms with Gasteiger partial charge in [-0.25, -0.2) is 0 Å². The summed E-state index contributed by atoms with van der Waals surface area (Å²) in [5.74, 6) is -3.35. The molecule has 0 unspecified atom stereocenters. The van der Waals surface area contributed by atoms with E-state index in [2.05, 4.69) is 4.74 Å². The molecule has 0 amide bonds. The summed E-state index contributed by atoms with van der Waals surface area (Å²) in [5.41, 5.74) is -2.24. The van der Waals surface area contributed by atoms with Gasteiger partial charge in [-0.1, -0.05) is 6.92 Å². The SMILES string of the molecule is CCC(O)(O)Oc1ccc(C(F)(F)F)cc1[N+](=O)[O-]. The van der Waals surface area contributed by atoms with Crippen molar-refractivity contribution < 1.29 is 33.0 Å². The number of ether oxygens (including phenoxy) is 1. The second-order valence-corrected chi connectivity index (χ2v) is 3.64. The molecule has 1 aromatic rings. The molecule has 0 atom stereocenters. The van der Waals surface area contributed by atoms with Gasteiger partial charge < -0.3 is 14.9 Å². The molecule has 19 heavy (non-hydrogen) atoms. The maximum Gasteiger partial charge on any atom is 0.416 e. The average molecular weight is 281 g/mol. The molecule has 0 radical (unpaired) electrons. The lowest BCUT2D eigenvalue weighted by molar-refractivity contribution is -0.389. The maximum absolute atomic E-state index is 12.4. The van der Waals surface area contributed by atoms with Crippen LogP contribution >= 0.6 is 0 Å². The number of hydrogen-bond donors (Lipinski definition) is 2. The number of nitro groups is 1. The molecule has 0 spiro atoms. The highest BCUT2D eigenvalue weighted by Crippen LogP contribution is 2.37. The largest absolute Gasteiger partial charge is 0.432 e. The van der Waals surface area contributed by atoms with Crippen LogP contribution in [0.25, 0.3) is 0 Å². The van der Waals surface area contributed by atoms with E-state index in [9.17, 15) is 33.5 Å². The van der Waals surface area contributed by atoms with E-state index in [4.69, 9.17) is 0 Å². The summed E-state index contributed by atoms with van der Waals surface area (Å²) >= 11 is 0. The third kappa shape index (κ3) is 3.80. The number of aliphatic hydroxyl groups is 2. The Balaban J connectivity index is 3.24. The molecule has 2 N–H and O–H groups in total. The van der Waals surface area contributed by atoms with Crippen molar-refractivity contribution in [1.29, 1.82) is 0 Å². The van der Waals surface area contributed by atoms with Crippen LogP contribution in [0.1, 0.15) is 18.9 Å². The van der Waals surface area contributed by atoms with Crippen molar-refractivity contribution in [3.8, 4) is 5.75 Å². The zero-order chi connectivity index (χ0) is 14.8. The van der Waals surface area contributed by atoms with Gasteiger partial charge in [0.15, 0.2) is 0 Å². The van der Waals surface area contributed by atoms with Crippen molar-refractivity contribution in [2.24, 2.45) is 0 Å². The van der Waals surface area contributed by atoms with Gasteiger partial charge in [-0.3, -0.25) is 10.1 Å². The average Bonchev–Trinajstić information content (AvgIpc) is 2.27. The van der Waals surface area contributed by atoms with Crippen LogP contribution in [0.4, 0.5) is 18.9 Å². The highest BCUT2D eigenvalue weighted by atomic mass is 19.4. The summed E-state index contributed by atoms with van der Waals surface area (Å²) in [5, 5.41) is 29.1. The van der Waals surface area contributed by atoms with E-state index >= 15 is 0 Å². The van der Waals surface area contributed by atoms with Crippen LogP contribution in [0.2, 0.25) is 0 Å². The molecule has 0 aliphatic rings. The lowest BCUT2D eigenvalue weighted by atomic mass is 10.2. The Bertz CT molecular complexity index is 487. The van der Waals surface area contributed by atoms with E-state index in [0.717, 1.165) is 0 Å². The van der Waals surface area contributed by atoms with Crippen LogP contribution in [-0.2, 0) is 6.18 Å². The fourth-order valence-corrected chi connectivity index (χ4v) is 1.17. The van der Waals surface area contributed by atoms with Crippen molar-refractivity contribution in [2.45, 2.75) is 25.5 Å². The predicted molar refractivity (Wildman–Crippen MR) is 56.2 cm³/mol. The van der Waals surface area contributed by atoms with Crippen LogP contribution in [0.5, 0.6) is 5.75 Å². The minimum atomic E-state index is -4.75. The minimum absolute atomic E-state index is 0.265. The zero-order valence-electron chi connectivity index (χ0n) is 9.64. The first-order chi connectivity index (χ1) is 8.57. The van der Waals surface area contributed by atoms with Crippen molar-refractivity contribution in [2.75, 3.05) is 0 Å². The van der Waals surface area contributed by atoms with E-state index in [1.807, 2.05) is 0 Å². The highest BCUT2D eigenvalue weighted by molar-refractivity contribution is 5.49. The van der Waals surface area contributed by atoms with Crippen molar-refractivity contribution >= 4 is 5.69 Å². The van der Waals surface area contributed by atoms with E-state index in [1.54, 1.807) is 0 Å². The molecule has 0 fully saturated rings. The summed E-state index contributed by atoms with van der Waals surface area (Å²) in [6, 6.07) is 1.48. The van der Waals surface area contributed by atoms with Gasteiger partial charge in [0.2, 0.25) is 5.75 Å². The third-order valence-corrected chi connectivity index (χ3v) is 2.22. The number of alkyl halides is 3. The van der Waals surface area contributed by atoms with Crippen LogP contribution < -0.4 is 4.74 Å². The summed E-state index contributed by atoms with van der Waals surface area (Å²) in [6.45, 7) is 1.32. The monoisotopic (exact) mass is 281 g/mol. The lowest BCUT2D eigenvalue weighted by Gasteiger charge is -2.21. The zero-order valence-corrected chi connectivity index (χ0v) is 9.64. The van der Waals surface area contributed by atoms with Crippen LogP contribution in [0.15, 0.2) is 18.2 Å². The second kappa shape index (κ2) is 5.02. The molecule has 0 heterocycles. The standard InChI is InChI=1S/C10H10F3NO5/c1-2-9(15,16)19-8-4-3-6(10(11,12)13)5-7(8)14(17)18/h3-5,15-16H,2H2,1H3. The first-order valence-electron chi connectivity index (χ1n) is 5.06. The van der Waals surface area contributed by atoms with Crippen molar-refractivity contribution in [3.63, 3.8) is 0 Å². The Morgan fingerprint density at radius 2 is 1.95 bits per heavy atom. The van der Waals surface area contributed by atoms with Gasteiger partial charge >= 0.3 is 17.8 Å². The first kappa shape index (κ1) is 15.2. The third-order valence-electron chi connectivity index (χ3n) is 2.22. The van der Waals surface area contributed by atoms with E-state index in [-0.39, 0.29) is 12.5 Å². The molecular formula is C10H10F3NO5. The molecule has 6 nitrogen and oxygen atoms in total. The Hall–Kier alpha value is -1.87. The molecule has 0 saturated carbocycles. The van der Waals surface area contributed by atoms with Crippen molar-refractivity contribution in [1.82, 2.24) is 0 Å². The molecule has 106 valence electrons. The summed E-state index contributed by atoms with van der Waals surface area (Å²) < 4.78 is 41.7. The van der Waals surface area contributed by atoms with E-state index in [1.165, 1.54) is 6.92 Å². The number of nitro benzene ring substituents is 1. The normalized spacial score (nSPS) is 12.3. The van der Waals surface area contributed by atoms with Gasteiger partial charge in [0.1, 0.15) is 0 Å². The van der Waals surface area contributed by atoms with Gasteiger partial charge in [-0.15, -0.1) is 0 Å². The Morgan fingerprint density at radius 1 is 1.37 bits per heavy atom. The highest BCUT2D eigenvalue weighted by Gasteiger charge is 2.35. The van der Waals surface area contributed by atoms with E-state index in [0.29, 0.717) is 12.1 Å². The number of halogens is 3. The predicted octanol–water partition coefficient (Wildman–Crippen LogP) is 2.04. The minimum Gasteiger partial charge on any atom is -0.432 e. The Morgan fingerprint density at radius 3 is 2.37 bits per heavy atom. The van der Waals surface area contributed by atoms with Crippen LogP contribution in [0.3, 0.4) is 0 Å². The molecule has 9 heteroatoms.